The van der Waals surface area contributed by atoms with Crippen molar-refractivity contribution in [2.45, 2.75) is 75.0 Å². The highest BCUT2D eigenvalue weighted by molar-refractivity contribution is 5.88. The molecular weight excluding hydrogens is 486 g/mol. The molecule has 3 aliphatic heterocycles. The Morgan fingerprint density at radius 2 is 1.86 bits per heavy atom. The number of hydrogen-bond donors (Lipinski definition) is 4. The zero-order valence-corrected chi connectivity index (χ0v) is 20.6. The number of benzene rings is 1. The van der Waals surface area contributed by atoms with Crippen LogP contribution in [-0.2, 0) is 30.4 Å². The van der Waals surface area contributed by atoms with Crippen LogP contribution in [0.5, 0.6) is 0 Å². The van der Waals surface area contributed by atoms with Gasteiger partial charge in [0.2, 0.25) is 5.91 Å². The maximum atomic E-state index is 13.3. The van der Waals surface area contributed by atoms with Crippen LogP contribution in [0.3, 0.4) is 0 Å². The summed E-state index contributed by atoms with van der Waals surface area (Å²) >= 11 is 0. The normalized spacial score (nSPS) is 28.4. The van der Waals surface area contributed by atoms with Crippen LogP contribution in [0.4, 0.5) is 0 Å². The van der Waals surface area contributed by atoms with Crippen molar-refractivity contribution < 1.29 is 34.2 Å². The molecule has 1 amide bonds. The van der Waals surface area contributed by atoms with Gasteiger partial charge in [0, 0.05) is 19.6 Å². The van der Waals surface area contributed by atoms with Crippen molar-refractivity contribution in [3.63, 3.8) is 0 Å². The molecule has 1 aromatic rings. The molecule has 3 heterocycles. The second kappa shape index (κ2) is 11.8. The average molecular weight is 520 g/mol. The first-order chi connectivity index (χ1) is 17.7. The molecule has 13 nitrogen and oxygen atoms in total. The molecule has 0 saturated carbocycles. The molecule has 1 aromatic carbocycles. The van der Waals surface area contributed by atoms with Crippen molar-refractivity contribution in [3.8, 4) is 0 Å². The molecule has 0 aromatic heterocycles. The number of hydrogen-bond acceptors (Lipinski definition) is 10. The maximum absolute atomic E-state index is 13.3. The number of carboxylic acids is 1. The summed E-state index contributed by atoms with van der Waals surface area (Å²) < 4.78 is 5.82. The molecule has 0 aliphatic carbocycles. The number of rotatable bonds is 11. The van der Waals surface area contributed by atoms with Gasteiger partial charge in [0.1, 0.15) is 24.3 Å². The monoisotopic (exact) mass is 519 g/mol. The molecule has 2 unspecified atom stereocenters. The van der Waals surface area contributed by atoms with Crippen molar-refractivity contribution in [1.82, 2.24) is 20.9 Å². The number of nitrogens with zero attached hydrogens (tertiary/aromatic N) is 2. The first-order valence-electron chi connectivity index (χ1n) is 12.6. The number of esters is 1. The third-order valence-electron chi connectivity index (χ3n) is 7.28. The highest BCUT2D eigenvalue weighted by Crippen LogP contribution is 2.23. The highest BCUT2D eigenvalue weighted by Gasteiger charge is 2.48. The molecule has 3 aliphatic rings. The molecule has 37 heavy (non-hydrogen) atoms. The fraction of sp³-hybridized carbons (Fsp3) is 0.625. The van der Waals surface area contributed by atoms with Gasteiger partial charge in [0.05, 0.1) is 18.1 Å². The van der Waals surface area contributed by atoms with Gasteiger partial charge in [0.15, 0.2) is 0 Å². The van der Waals surface area contributed by atoms with Crippen LogP contribution >= 0.6 is 0 Å². The van der Waals surface area contributed by atoms with Crippen molar-refractivity contribution >= 4 is 17.8 Å². The second-order valence-electron chi connectivity index (χ2n) is 9.70. The van der Waals surface area contributed by atoms with E-state index >= 15 is 0 Å². The lowest BCUT2D eigenvalue weighted by atomic mass is 10.0. The summed E-state index contributed by atoms with van der Waals surface area (Å²) in [5, 5.41) is 28.7. The third kappa shape index (κ3) is 6.35. The Morgan fingerprint density at radius 3 is 2.54 bits per heavy atom. The third-order valence-corrected chi connectivity index (χ3v) is 7.28. The molecule has 0 radical (unpaired) electrons. The van der Waals surface area contributed by atoms with Crippen molar-refractivity contribution in [3.05, 3.63) is 46.0 Å². The Kier molecular flexibility index (Phi) is 8.56. The Balaban J connectivity index is 1.41. The lowest BCUT2D eigenvalue weighted by Gasteiger charge is -2.29. The summed E-state index contributed by atoms with van der Waals surface area (Å²) in [5.74, 6) is -1.95. The van der Waals surface area contributed by atoms with Gasteiger partial charge in [-0.25, -0.2) is 4.79 Å². The number of carbonyl (C=O) groups is 3. The molecule has 4 N–H and O–H groups in total. The van der Waals surface area contributed by atoms with E-state index in [-0.39, 0.29) is 24.5 Å². The molecule has 0 bridgehead atoms. The minimum atomic E-state index is -1.04. The van der Waals surface area contributed by atoms with Gasteiger partial charge in [-0.15, -0.1) is 10.1 Å². The fourth-order valence-corrected chi connectivity index (χ4v) is 5.43. The second-order valence-corrected chi connectivity index (χ2v) is 9.70. The van der Waals surface area contributed by atoms with E-state index in [4.69, 9.17) is 9.57 Å². The van der Waals surface area contributed by atoms with Crippen LogP contribution in [-0.4, -0.2) is 95.0 Å². The van der Waals surface area contributed by atoms with E-state index in [2.05, 4.69) is 16.0 Å². The first-order valence-corrected chi connectivity index (χ1v) is 12.6. The Morgan fingerprint density at radius 1 is 1.19 bits per heavy atom. The Labute approximate surface area is 214 Å². The number of carbonyl (C=O) groups excluding carboxylic acids is 2. The van der Waals surface area contributed by atoms with Gasteiger partial charge >= 0.3 is 11.9 Å². The standard InChI is InChI=1S/C24H33N5O8/c1-14(22(30)28-11-5-8-17(28)23(31)32)27-16(10-9-15-6-3-2-4-7-15)24(33)36-18-12-25-21-19(37-29(34)35)13-26-20(18)21/h2-4,6-7,14,16-21,25-27H,5,8-13H2,1H3,(H,31,32)/t14-,16?,17-,18-,19+,20+,21?/m0/s1. The van der Waals surface area contributed by atoms with Crippen molar-refractivity contribution in [2.24, 2.45) is 0 Å². The fourth-order valence-electron chi connectivity index (χ4n) is 5.43. The molecule has 3 fully saturated rings. The predicted molar refractivity (Wildman–Crippen MR) is 129 cm³/mol. The smallest absolute Gasteiger partial charge is 0.326 e. The highest BCUT2D eigenvalue weighted by atomic mass is 17.0. The van der Waals surface area contributed by atoms with Crippen LogP contribution in [0.25, 0.3) is 0 Å². The summed E-state index contributed by atoms with van der Waals surface area (Å²) in [4.78, 5) is 54.8. The number of amides is 1. The number of fused-ring (bicyclic) bond motifs is 1. The van der Waals surface area contributed by atoms with E-state index in [0.717, 1.165) is 5.56 Å². The van der Waals surface area contributed by atoms with Gasteiger partial charge in [-0.2, -0.15) is 0 Å². The van der Waals surface area contributed by atoms with E-state index in [9.17, 15) is 29.6 Å². The number of aliphatic carboxylic acids is 1. The van der Waals surface area contributed by atoms with E-state index in [1.165, 1.54) is 4.90 Å². The van der Waals surface area contributed by atoms with Gasteiger partial charge in [0.25, 0.3) is 5.09 Å². The van der Waals surface area contributed by atoms with E-state index in [1.807, 2.05) is 30.3 Å². The van der Waals surface area contributed by atoms with Gasteiger partial charge in [-0.05, 0) is 38.2 Å². The molecule has 4 rings (SSSR count). The summed E-state index contributed by atoms with van der Waals surface area (Å²) in [5.41, 5.74) is 1.02. The van der Waals surface area contributed by atoms with E-state index in [0.29, 0.717) is 38.8 Å². The van der Waals surface area contributed by atoms with Crippen LogP contribution in [0.2, 0.25) is 0 Å². The number of likely N-dealkylation sites (tertiary alicyclic amines) is 1. The minimum Gasteiger partial charge on any atom is -0.480 e. The summed E-state index contributed by atoms with van der Waals surface area (Å²) in [7, 11) is 0. The molecule has 3 saturated heterocycles. The number of aryl methyl sites for hydroxylation is 1. The quantitative estimate of drug-likeness (QED) is 0.168. The average Bonchev–Trinajstić information content (AvgIpc) is 3.60. The van der Waals surface area contributed by atoms with Gasteiger partial charge in [-0.1, -0.05) is 30.3 Å². The molecular formula is C24H33N5O8. The topological polar surface area (TPSA) is 172 Å². The molecule has 13 heteroatoms. The number of nitrogens with one attached hydrogen (secondary N) is 3. The predicted octanol–water partition coefficient (Wildman–Crippen LogP) is -0.526. The molecule has 0 spiro atoms. The summed E-state index contributed by atoms with van der Waals surface area (Å²) in [6.45, 7) is 2.53. The number of ether oxygens (including phenoxy) is 1. The van der Waals surface area contributed by atoms with Crippen molar-refractivity contribution in [2.75, 3.05) is 19.6 Å². The Hall–Kier alpha value is -3.29. The van der Waals surface area contributed by atoms with Crippen LogP contribution < -0.4 is 16.0 Å². The van der Waals surface area contributed by atoms with Crippen molar-refractivity contribution in [1.29, 1.82) is 0 Å². The lowest BCUT2D eigenvalue weighted by molar-refractivity contribution is -0.768. The molecule has 202 valence electrons. The van der Waals surface area contributed by atoms with Gasteiger partial charge in [-0.3, -0.25) is 14.9 Å². The number of carboxylic acid groups (broad SMARTS) is 1. The Bertz CT molecular complexity index is 995. The van der Waals surface area contributed by atoms with E-state index < -0.39 is 47.4 Å². The lowest BCUT2D eigenvalue weighted by Crippen LogP contribution is -2.54. The zero-order valence-electron chi connectivity index (χ0n) is 20.6. The summed E-state index contributed by atoms with van der Waals surface area (Å²) in [6.07, 6.45) is 0.675. The maximum Gasteiger partial charge on any atom is 0.326 e. The van der Waals surface area contributed by atoms with E-state index in [1.54, 1.807) is 6.92 Å². The first kappa shape index (κ1) is 26.8. The molecule has 7 atom stereocenters. The largest absolute Gasteiger partial charge is 0.480 e. The van der Waals surface area contributed by atoms with Gasteiger partial charge < -0.3 is 30.2 Å². The zero-order chi connectivity index (χ0) is 26.5. The van der Waals surface area contributed by atoms with Crippen LogP contribution in [0.1, 0.15) is 31.7 Å². The minimum absolute atomic E-state index is 0.249. The SMILES string of the molecule is C[C@H](NC(CCc1ccccc1)C(=O)O[C@H]1CNC2[C@H](O[N+](=O)[O-])CN[C@@H]21)C(=O)N1CCC[C@H]1C(=O)O. The van der Waals surface area contributed by atoms with Crippen LogP contribution in [0.15, 0.2) is 30.3 Å². The summed E-state index contributed by atoms with van der Waals surface area (Å²) in [6, 6.07) is 6.40. The van der Waals surface area contributed by atoms with Crippen LogP contribution in [0, 0.1) is 10.1 Å².